The predicted octanol–water partition coefficient (Wildman–Crippen LogP) is 1.71. The van der Waals surface area contributed by atoms with E-state index in [-0.39, 0.29) is 11.9 Å². The van der Waals surface area contributed by atoms with Crippen molar-refractivity contribution in [3.05, 3.63) is 47.4 Å². The topological polar surface area (TPSA) is 75.3 Å². The van der Waals surface area contributed by atoms with Crippen LogP contribution in [0.1, 0.15) is 5.56 Å². The average molecular weight is 279 g/mol. The van der Waals surface area contributed by atoms with Crippen molar-refractivity contribution in [2.45, 2.75) is 6.54 Å². The molecule has 1 aromatic heterocycles. The Labute approximate surface area is 116 Å². The van der Waals surface area contributed by atoms with E-state index in [1.807, 2.05) is 35.2 Å². The number of halogens is 1. The van der Waals surface area contributed by atoms with E-state index < -0.39 is 0 Å². The molecule has 1 heterocycles. The van der Waals surface area contributed by atoms with Crippen LogP contribution >= 0.6 is 11.6 Å². The van der Waals surface area contributed by atoms with Gasteiger partial charge in [0.25, 0.3) is 0 Å². The Balaban J connectivity index is 2.27. The van der Waals surface area contributed by atoms with Gasteiger partial charge in [-0.1, -0.05) is 30.3 Å². The van der Waals surface area contributed by atoms with Gasteiger partial charge in [-0.05, 0) is 17.2 Å². The van der Waals surface area contributed by atoms with Crippen LogP contribution < -0.4 is 10.6 Å². The molecule has 0 bridgehead atoms. The monoisotopic (exact) mass is 278 g/mol. The maximum atomic E-state index is 9.18. The van der Waals surface area contributed by atoms with Crippen molar-refractivity contribution < 1.29 is 5.11 Å². The quantitative estimate of drug-likeness (QED) is 0.815. The van der Waals surface area contributed by atoms with Crippen molar-refractivity contribution in [2.24, 2.45) is 0 Å². The summed E-state index contributed by atoms with van der Waals surface area (Å²) in [6.07, 6.45) is 1.47. The van der Waals surface area contributed by atoms with Gasteiger partial charge in [-0.25, -0.2) is 4.98 Å². The van der Waals surface area contributed by atoms with Crippen molar-refractivity contribution >= 4 is 23.1 Å². The summed E-state index contributed by atoms with van der Waals surface area (Å²) >= 11 is 5.80. The summed E-state index contributed by atoms with van der Waals surface area (Å²) in [7, 11) is 0. The van der Waals surface area contributed by atoms with E-state index in [4.69, 9.17) is 17.3 Å². The predicted molar refractivity (Wildman–Crippen MR) is 76.0 cm³/mol. The Morgan fingerprint density at radius 3 is 2.68 bits per heavy atom. The molecule has 3 N–H and O–H groups in total. The first kappa shape index (κ1) is 13.6. The van der Waals surface area contributed by atoms with Crippen LogP contribution in [0, 0.1) is 0 Å². The zero-order valence-corrected chi connectivity index (χ0v) is 11.1. The lowest BCUT2D eigenvalue weighted by molar-refractivity contribution is 0.301. The number of nitrogens with zero attached hydrogens (tertiary/aromatic N) is 3. The number of rotatable bonds is 5. The van der Waals surface area contributed by atoms with Gasteiger partial charge in [0, 0.05) is 13.1 Å². The molecule has 100 valence electrons. The minimum Gasteiger partial charge on any atom is -0.395 e. The highest BCUT2D eigenvalue weighted by Gasteiger charge is 2.13. The van der Waals surface area contributed by atoms with Crippen molar-refractivity contribution in [1.29, 1.82) is 0 Å². The van der Waals surface area contributed by atoms with Gasteiger partial charge < -0.3 is 15.7 Å². The van der Waals surface area contributed by atoms with Crippen LogP contribution in [0.2, 0.25) is 5.28 Å². The highest BCUT2D eigenvalue weighted by atomic mass is 35.5. The number of hydrogen-bond donors (Lipinski definition) is 2. The number of aromatic nitrogens is 2. The molecule has 0 aliphatic heterocycles. The standard InChI is InChI=1S/C13H15ClN4O/c14-13-16-8-11(15)12(17-13)18(6-7-19)9-10-4-2-1-3-5-10/h1-5,8,19H,6-7,9,15H2. The maximum Gasteiger partial charge on any atom is 0.224 e. The van der Waals surface area contributed by atoms with Crippen LogP contribution in [-0.4, -0.2) is 28.2 Å². The van der Waals surface area contributed by atoms with Crippen molar-refractivity contribution in [3.8, 4) is 0 Å². The van der Waals surface area contributed by atoms with Gasteiger partial charge >= 0.3 is 0 Å². The molecule has 2 rings (SSSR count). The van der Waals surface area contributed by atoms with Crippen LogP contribution in [0.15, 0.2) is 36.5 Å². The van der Waals surface area contributed by atoms with E-state index in [1.165, 1.54) is 6.20 Å². The number of aliphatic hydroxyl groups is 1. The average Bonchev–Trinajstić information content (AvgIpc) is 2.42. The maximum absolute atomic E-state index is 9.18. The lowest BCUT2D eigenvalue weighted by Crippen LogP contribution is -2.28. The molecule has 6 heteroatoms. The van der Waals surface area contributed by atoms with Crippen LogP contribution in [0.25, 0.3) is 0 Å². The Kier molecular flexibility index (Phi) is 4.54. The SMILES string of the molecule is Nc1cnc(Cl)nc1N(CCO)Cc1ccccc1. The third-order valence-corrected chi connectivity index (χ3v) is 2.83. The zero-order valence-electron chi connectivity index (χ0n) is 10.3. The fraction of sp³-hybridized carbons (Fsp3) is 0.231. The molecule has 0 amide bonds. The smallest absolute Gasteiger partial charge is 0.224 e. The second kappa shape index (κ2) is 6.36. The molecule has 0 unspecified atom stereocenters. The number of nitrogen functional groups attached to an aromatic ring is 1. The van der Waals surface area contributed by atoms with Crippen LogP contribution in [0.4, 0.5) is 11.5 Å². The van der Waals surface area contributed by atoms with Crippen molar-refractivity contribution in [2.75, 3.05) is 23.8 Å². The first-order chi connectivity index (χ1) is 9.20. The van der Waals surface area contributed by atoms with Gasteiger partial charge in [-0.3, -0.25) is 0 Å². The third-order valence-electron chi connectivity index (χ3n) is 2.65. The molecule has 5 nitrogen and oxygen atoms in total. The number of benzene rings is 1. The van der Waals surface area contributed by atoms with Gasteiger partial charge in [0.15, 0.2) is 5.82 Å². The molecular formula is C13H15ClN4O. The molecule has 0 saturated carbocycles. The Bertz CT molecular complexity index is 535. The summed E-state index contributed by atoms with van der Waals surface area (Å²) in [5, 5.41) is 9.32. The van der Waals surface area contributed by atoms with Gasteiger partial charge in [0.1, 0.15) is 0 Å². The number of aliphatic hydroxyl groups excluding tert-OH is 1. The van der Waals surface area contributed by atoms with Crippen molar-refractivity contribution in [1.82, 2.24) is 9.97 Å². The normalized spacial score (nSPS) is 10.4. The summed E-state index contributed by atoms with van der Waals surface area (Å²) in [5.41, 5.74) is 7.41. The lowest BCUT2D eigenvalue weighted by atomic mass is 10.2. The van der Waals surface area contributed by atoms with Gasteiger partial charge in [0.2, 0.25) is 5.28 Å². The van der Waals surface area contributed by atoms with E-state index in [0.717, 1.165) is 5.56 Å². The number of nitrogens with two attached hydrogens (primary N) is 1. The van der Waals surface area contributed by atoms with Crippen LogP contribution in [0.3, 0.4) is 0 Å². The van der Waals surface area contributed by atoms with Gasteiger partial charge in [-0.15, -0.1) is 0 Å². The second-order valence-corrected chi connectivity index (χ2v) is 4.39. The molecule has 0 radical (unpaired) electrons. The number of anilines is 2. The first-order valence-corrected chi connectivity index (χ1v) is 6.26. The number of hydrogen-bond acceptors (Lipinski definition) is 5. The largest absolute Gasteiger partial charge is 0.395 e. The summed E-state index contributed by atoms with van der Waals surface area (Å²) in [6, 6.07) is 9.88. The Hall–Kier alpha value is -1.85. The third kappa shape index (κ3) is 3.56. The van der Waals surface area contributed by atoms with Gasteiger partial charge in [0.05, 0.1) is 18.5 Å². The molecule has 0 saturated heterocycles. The first-order valence-electron chi connectivity index (χ1n) is 5.88. The van der Waals surface area contributed by atoms with Crippen molar-refractivity contribution in [3.63, 3.8) is 0 Å². The van der Waals surface area contributed by atoms with E-state index in [2.05, 4.69) is 9.97 Å². The molecule has 0 spiro atoms. The highest BCUT2D eigenvalue weighted by Crippen LogP contribution is 2.22. The molecule has 0 aliphatic carbocycles. The van der Waals surface area contributed by atoms with Gasteiger partial charge in [-0.2, -0.15) is 4.98 Å². The van der Waals surface area contributed by atoms with E-state index in [9.17, 15) is 5.11 Å². The lowest BCUT2D eigenvalue weighted by Gasteiger charge is -2.24. The van der Waals surface area contributed by atoms with E-state index >= 15 is 0 Å². The molecule has 1 aromatic carbocycles. The Morgan fingerprint density at radius 1 is 1.26 bits per heavy atom. The molecule has 0 atom stereocenters. The highest BCUT2D eigenvalue weighted by molar-refractivity contribution is 6.28. The molecule has 19 heavy (non-hydrogen) atoms. The van der Waals surface area contributed by atoms with E-state index in [1.54, 1.807) is 0 Å². The molecule has 0 aliphatic rings. The fourth-order valence-electron chi connectivity index (χ4n) is 1.80. The summed E-state index contributed by atoms with van der Waals surface area (Å²) in [6.45, 7) is 1.03. The minimum atomic E-state index is 0.00783. The summed E-state index contributed by atoms with van der Waals surface area (Å²) < 4.78 is 0. The van der Waals surface area contributed by atoms with Crippen LogP contribution in [-0.2, 0) is 6.54 Å². The fourth-order valence-corrected chi connectivity index (χ4v) is 1.93. The van der Waals surface area contributed by atoms with E-state index in [0.29, 0.717) is 24.6 Å². The molecule has 2 aromatic rings. The zero-order chi connectivity index (χ0) is 13.7. The van der Waals surface area contributed by atoms with Crippen LogP contribution in [0.5, 0.6) is 0 Å². The summed E-state index contributed by atoms with van der Waals surface area (Å²) in [5.74, 6) is 0.540. The summed E-state index contributed by atoms with van der Waals surface area (Å²) in [4.78, 5) is 9.83. The molecule has 0 fully saturated rings. The minimum absolute atomic E-state index is 0.00783. The second-order valence-electron chi connectivity index (χ2n) is 4.05. The Morgan fingerprint density at radius 2 is 2.00 bits per heavy atom. The molecular weight excluding hydrogens is 264 g/mol.